The molecule has 0 aliphatic carbocycles. The normalized spacial score (nSPS) is 19.9. The summed E-state index contributed by atoms with van der Waals surface area (Å²) in [5, 5.41) is 2.72. The average molecular weight is 396 g/mol. The number of nitrogens with zero attached hydrogens (tertiary/aromatic N) is 1. The molecule has 2 aromatic carbocycles. The predicted molar refractivity (Wildman–Crippen MR) is 107 cm³/mol. The Labute approximate surface area is 169 Å². The molecule has 1 N–H and O–H groups in total. The van der Waals surface area contributed by atoms with Crippen molar-refractivity contribution in [2.45, 2.75) is 37.2 Å². The number of hydrogen-bond acceptors (Lipinski definition) is 3. The molecule has 1 atom stereocenters. The van der Waals surface area contributed by atoms with Gasteiger partial charge in [0.1, 0.15) is 17.2 Å². The van der Waals surface area contributed by atoms with Crippen molar-refractivity contribution in [1.82, 2.24) is 10.2 Å². The number of fused-ring (bicyclic) bond motifs is 1. The number of likely N-dealkylation sites (tertiary alicyclic amines) is 1. The van der Waals surface area contributed by atoms with Gasteiger partial charge in [-0.2, -0.15) is 0 Å². The van der Waals surface area contributed by atoms with E-state index in [0.717, 1.165) is 17.7 Å². The second-order valence-electron chi connectivity index (χ2n) is 7.90. The number of benzene rings is 2. The molecule has 2 amide bonds. The lowest BCUT2D eigenvalue weighted by Gasteiger charge is -2.47. The van der Waals surface area contributed by atoms with Crippen LogP contribution in [0.4, 0.5) is 4.39 Å². The van der Waals surface area contributed by atoms with Gasteiger partial charge in [0.25, 0.3) is 5.91 Å². The highest BCUT2D eigenvalue weighted by Crippen LogP contribution is 2.46. The summed E-state index contributed by atoms with van der Waals surface area (Å²) in [6.07, 6.45) is 2.54. The highest BCUT2D eigenvalue weighted by atomic mass is 19.1. The number of ether oxygens (including phenoxy) is 1. The number of nitrogens with one attached hydrogen (secondary N) is 1. The molecule has 2 heterocycles. The van der Waals surface area contributed by atoms with Crippen LogP contribution in [0.25, 0.3) is 0 Å². The van der Waals surface area contributed by atoms with Crippen molar-refractivity contribution >= 4 is 11.8 Å². The SMILES string of the molecule is CNC(=O)C[C@@H]1CC2(CCN(C(=O)c3cccc(F)c3)CC2)Oc2ccccc21. The fourth-order valence-electron chi connectivity index (χ4n) is 4.48. The van der Waals surface area contributed by atoms with Crippen molar-refractivity contribution in [3.8, 4) is 5.75 Å². The van der Waals surface area contributed by atoms with E-state index in [1.807, 2.05) is 24.3 Å². The summed E-state index contributed by atoms with van der Waals surface area (Å²) in [6, 6.07) is 13.7. The number of amides is 2. The molecule has 152 valence electrons. The first-order valence-corrected chi connectivity index (χ1v) is 10.0. The fourth-order valence-corrected chi connectivity index (χ4v) is 4.48. The van der Waals surface area contributed by atoms with E-state index in [2.05, 4.69) is 5.32 Å². The van der Waals surface area contributed by atoms with E-state index in [4.69, 9.17) is 4.74 Å². The summed E-state index contributed by atoms with van der Waals surface area (Å²) in [5.41, 5.74) is 1.06. The minimum Gasteiger partial charge on any atom is -0.487 e. The zero-order chi connectivity index (χ0) is 20.4. The molecule has 0 saturated carbocycles. The van der Waals surface area contributed by atoms with Gasteiger partial charge in [0.2, 0.25) is 5.91 Å². The average Bonchev–Trinajstić information content (AvgIpc) is 2.73. The lowest BCUT2D eigenvalue weighted by Crippen LogP contribution is -2.52. The first-order valence-electron chi connectivity index (χ1n) is 10.0. The Morgan fingerprint density at radius 2 is 1.93 bits per heavy atom. The molecular formula is C23H25FN2O3. The maximum atomic E-state index is 13.5. The van der Waals surface area contributed by atoms with E-state index in [9.17, 15) is 14.0 Å². The number of piperidine rings is 1. The Morgan fingerprint density at radius 3 is 2.66 bits per heavy atom. The third-order valence-corrected chi connectivity index (χ3v) is 6.05. The van der Waals surface area contributed by atoms with Crippen molar-refractivity contribution in [3.63, 3.8) is 0 Å². The van der Waals surface area contributed by atoms with E-state index < -0.39 is 5.82 Å². The highest BCUT2D eigenvalue weighted by Gasteiger charge is 2.44. The number of rotatable bonds is 3. The van der Waals surface area contributed by atoms with Crippen LogP contribution in [0.15, 0.2) is 48.5 Å². The monoisotopic (exact) mass is 396 g/mol. The van der Waals surface area contributed by atoms with E-state index in [-0.39, 0.29) is 23.3 Å². The second-order valence-corrected chi connectivity index (χ2v) is 7.90. The number of carbonyl (C=O) groups is 2. The van der Waals surface area contributed by atoms with Crippen LogP contribution in [-0.2, 0) is 4.79 Å². The summed E-state index contributed by atoms with van der Waals surface area (Å²) in [5.74, 6) is 0.370. The van der Waals surface area contributed by atoms with E-state index in [1.54, 1.807) is 24.1 Å². The van der Waals surface area contributed by atoms with Crippen LogP contribution >= 0.6 is 0 Å². The summed E-state index contributed by atoms with van der Waals surface area (Å²) in [6.45, 7) is 1.09. The van der Waals surface area contributed by atoms with Crippen LogP contribution in [0.1, 0.15) is 47.5 Å². The molecule has 2 aliphatic heterocycles. The predicted octanol–water partition coefficient (Wildman–Crippen LogP) is 3.50. The minimum absolute atomic E-state index is 0.0144. The molecule has 5 nitrogen and oxygen atoms in total. The third kappa shape index (κ3) is 3.97. The van der Waals surface area contributed by atoms with Crippen molar-refractivity contribution in [2.75, 3.05) is 20.1 Å². The second kappa shape index (κ2) is 7.85. The molecule has 4 rings (SSSR count). The quantitative estimate of drug-likeness (QED) is 0.864. The van der Waals surface area contributed by atoms with Crippen LogP contribution < -0.4 is 10.1 Å². The molecule has 1 spiro atoms. The highest BCUT2D eigenvalue weighted by molar-refractivity contribution is 5.94. The molecule has 2 aromatic rings. The summed E-state index contributed by atoms with van der Waals surface area (Å²) >= 11 is 0. The van der Waals surface area contributed by atoms with Crippen molar-refractivity contribution < 1.29 is 18.7 Å². The number of para-hydroxylation sites is 1. The van der Waals surface area contributed by atoms with Crippen LogP contribution in [0.3, 0.4) is 0 Å². The Bertz CT molecular complexity index is 922. The maximum absolute atomic E-state index is 13.5. The Hall–Kier alpha value is -2.89. The largest absolute Gasteiger partial charge is 0.487 e. The number of hydrogen-bond donors (Lipinski definition) is 1. The molecule has 0 aromatic heterocycles. The van der Waals surface area contributed by atoms with E-state index in [1.165, 1.54) is 12.1 Å². The van der Waals surface area contributed by atoms with Gasteiger partial charge in [0, 0.05) is 50.9 Å². The lowest BCUT2D eigenvalue weighted by molar-refractivity contribution is -0.121. The van der Waals surface area contributed by atoms with Gasteiger partial charge in [-0.15, -0.1) is 0 Å². The Kier molecular flexibility index (Phi) is 5.26. The zero-order valence-corrected chi connectivity index (χ0v) is 16.5. The minimum atomic E-state index is -0.409. The summed E-state index contributed by atoms with van der Waals surface area (Å²) in [7, 11) is 1.65. The Balaban J connectivity index is 1.50. The van der Waals surface area contributed by atoms with Crippen molar-refractivity contribution in [3.05, 3.63) is 65.5 Å². The summed E-state index contributed by atoms with van der Waals surface area (Å²) in [4.78, 5) is 26.5. The number of halogens is 1. The van der Waals surface area contributed by atoms with Crippen LogP contribution in [-0.4, -0.2) is 42.5 Å². The van der Waals surface area contributed by atoms with Crippen LogP contribution in [0.2, 0.25) is 0 Å². The van der Waals surface area contributed by atoms with Gasteiger partial charge < -0.3 is 15.0 Å². The molecule has 6 heteroatoms. The molecule has 0 unspecified atom stereocenters. The smallest absolute Gasteiger partial charge is 0.253 e. The van der Waals surface area contributed by atoms with Gasteiger partial charge in [-0.1, -0.05) is 24.3 Å². The van der Waals surface area contributed by atoms with E-state index >= 15 is 0 Å². The first-order chi connectivity index (χ1) is 14.0. The lowest BCUT2D eigenvalue weighted by atomic mass is 9.76. The van der Waals surface area contributed by atoms with Crippen LogP contribution in [0, 0.1) is 5.82 Å². The van der Waals surface area contributed by atoms with Gasteiger partial charge in [0.05, 0.1) is 0 Å². The van der Waals surface area contributed by atoms with Gasteiger partial charge >= 0.3 is 0 Å². The fraction of sp³-hybridized carbons (Fsp3) is 0.391. The van der Waals surface area contributed by atoms with Gasteiger partial charge in [0.15, 0.2) is 0 Å². The molecular weight excluding hydrogens is 371 g/mol. The third-order valence-electron chi connectivity index (χ3n) is 6.05. The molecule has 2 aliphatic rings. The molecule has 1 fully saturated rings. The molecule has 1 saturated heterocycles. The number of carbonyl (C=O) groups excluding carboxylic acids is 2. The Morgan fingerprint density at radius 1 is 1.17 bits per heavy atom. The van der Waals surface area contributed by atoms with Gasteiger partial charge in [-0.25, -0.2) is 4.39 Å². The summed E-state index contributed by atoms with van der Waals surface area (Å²) < 4.78 is 19.9. The van der Waals surface area contributed by atoms with Crippen molar-refractivity contribution in [2.24, 2.45) is 0 Å². The molecule has 29 heavy (non-hydrogen) atoms. The topological polar surface area (TPSA) is 58.6 Å². The maximum Gasteiger partial charge on any atom is 0.253 e. The van der Waals surface area contributed by atoms with Crippen molar-refractivity contribution in [1.29, 1.82) is 0 Å². The standard InChI is InChI=1S/C23H25FN2O3/c1-25-21(27)14-17-15-23(29-20-8-3-2-7-19(17)20)9-11-26(12-10-23)22(28)16-5-4-6-18(24)13-16/h2-8,13,17H,9-12,14-15H2,1H3,(H,25,27)/t17-/m1/s1. The zero-order valence-electron chi connectivity index (χ0n) is 16.5. The van der Waals surface area contributed by atoms with Crippen LogP contribution in [0.5, 0.6) is 5.75 Å². The molecule has 0 bridgehead atoms. The van der Waals surface area contributed by atoms with E-state index in [0.29, 0.717) is 37.9 Å². The van der Waals surface area contributed by atoms with Gasteiger partial charge in [-0.05, 0) is 36.2 Å². The molecule has 0 radical (unpaired) electrons. The van der Waals surface area contributed by atoms with Gasteiger partial charge in [-0.3, -0.25) is 9.59 Å². The first kappa shape index (κ1) is 19.4.